The van der Waals surface area contributed by atoms with E-state index in [0.717, 1.165) is 12.8 Å². The molecule has 0 bridgehead atoms. The van der Waals surface area contributed by atoms with Gasteiger partial charge in [-0.2, -0.15) is 5.10 Å². The van der Waals surface area contributed by atoms with Crippen molar-refractivity contribution in [2.45, 2.75) is 63.8 Å². The molecule has 2 saturated carbocycles. The highest BCUT2D eigenvalue weighted by atomic mass is 19.3. The van der Waals surface area contributed by atoms with Crippen LogP contribution in [0, 0.1) is 0 Å². The summed E-state index contributed by atoms with van der Waals surface area (Å²) in [5, 5.41) is 23.2. The first-order valence-electron chi connectivity index (χ1n) is 10.5. The quantitative estimate of drug-likeness (QED) is 0.522. The Bertz CT molecular complexity index is 841. The number of H-pyrrole nitrogens is 1. The van der Waals surface area contributed by atoms with Crippen molar-refractivity contribution in [2.24, 2.45) is 7.05 Å². The van der Waals surface area contributed by atoms with Crippen LogP contribution in [0.4, 0.5) is 19.4 Å². The molecule has 0 radical (unpaired) electrons. The lowest BCUT2D eigenvalue weighted by Crippen LogP contribution is -2.32. The molecule has 0 atom stereocenters. The molecule has 0 aromatic carbocycles. The normalized spacial score (nSPS) is 15.7. The minimum atomic E-state index is -2.59. The first-order chi connectivity index (χ1) is 15.2. The maximum atomic E-state index is 12.0. The van der Waals surface area contributed by atoms with E-state index in [0.29, 0.717) is 5.82 Å². The summed E-state index contributed by atoms with van der Waals surface area (Å²) in [6.07, 6.45) is 7.45. The van der Waals surface area contributed by atoms with Gasteiger partial charge in [-0.15, -0.1) is 5.10 Å². The van der Waals surface area contributed by atoms with Crippen molar-refractivity contribution in [1.29, 1.82) is 0 Å². The summed E-state index contributed by atoms with van der Waals surface area (Å²) in [6, 6.07) is 2.86. The number of hydrogen-bond donors (Lipinski definition) is 4. The number of nitrogens with zero attached hydrogens (tertiary/aromatic N) is 3. The largest absolute Gasteiger partial charge is 0.471 e. The molecule has 4 rings (SSSR count). The lowest BCUT2D eigenvalue weighted by Gasteiger charge is -2.04. The monoisotopic (exact) mass is 456 g/mol. The highest BCUT2D eigenvalue weighted by molar-refractivity contribution is 6.02. The molecule has 2 aromatic heterocycles. The zero-order valence-electron chi connectivity index (χ0n) is 18.2. The van der Waals surface area contributed by atoms with Crippen molar-refractivity contribution in [3.63, 3.8) is 0 Å². The fraction of sp³-hybridized carbons (Fsp3) is 0.600. The van der Waals surface area contributed by atoms with Crippen molar-refractivity contribution in [2.75, 3.05) is 11.9 Å². The number of carbonyl (C=O) groups excluding carboxylic acids is 1. The van der Waals surface area contributed by atoms with E-state index < -0.39 is 25.0 Å². The topological polar surface area (TPSA) is 134 Å². The molecule has 32 heavy (non-hydrogen) atoms. The summed E-state index contributed by atoms with van der Waals surface area (Å²) in [5.41, 5.74) is 0.102. The Labute approximate surface area is 184 Å². The molecule has 178 valence electrons. The number of aromatic nitrogens is 4. The van der Waals surface area contributed by atoms with Gasteiger partial charge >= 0.3 is 6.09 Å². The number of aromatic amines is 1. The Morgan fingerprint density at radius 1 is 1.28 bits per heavy atom. The van der Waals surface area contributed by atoms with Crippen molar-refractivity contribution >= 4 is 17.8 Å². The van der Waals surface area contributed by atoms with Crippen molar-refractivity contribution < 1.29 is 28.2 Å². The van der Waals surface area contributed by atoms with E-state index in [2.05, 4.69) is 25.9 Å². The molecule has 12 heteroatoms. The summed E-state index contributed by atoms with van der Waals surface area (Å²) < 4.78 is 30.0. The summed E-state index contributed by atoms with van der Waals surface area (Å²) in [5.74, 6) is -0.0649. The molecule has 2 heterocycles. The molecular formula is C20H30F2N6O4. The molecule has 0 unspecified atom stereocenters. The van der Waals surface area contributed by atoms with Crippen LogP contribution in [0.25, 0.3) is 0 Å². The Morgan fingerprint density at radius 2 is 1.91 bits per heavy atom. The van der Waals surface area contributed by atoms with Gasteiger partial charge in [-0.05, 0) is 19.8 Å². The number of ether oxygens (including phenoxy) is 1. The molecule has 2 aliphatic rings. The summed E-state index contributed by atoms with van der Waals surface area (Å²) in [7, 11) is 1.51. The lowest BCUT2D eigenvalue weighted by atomic mass is 10.3. The first-order valence-corrected chi connectivity index (χ1v) is 10.5. The number of alkyl halides is 2. The van der Waals surface area contributed by atoms with E-state index in [4.69, 9.17) is 9.84 Å². The molecule has 2 aliphatic carbocycles. The van der Waals surface area contributed by atoms with Crippen LogP contribution in [-0.4, -0.2) is 55.7 Å². The van der Waals surface area contributed by atoms with Crippen molar-refractivity contribution in [1.82, 2.24) is 25.3 Å². The average Bonchev–Trinajstić information content (AvgIpc) is 3.23. The minimum Gasteiger partial charge on any atom is -0.471 e. The molecule has 2 amide bonds. The second-order valence-corrected chi connectivity index (χ2v) is 7.88. The fourth-order valence-corrected chi connectivity index (χ4v) is 2.84. The molecule has 0 spiro atoms. The van der Waals surface area contributed by atoms with Gasteiger partial charge in [-0.1, -0.05) is 32.1 Å². The number of aryl methyl sites for hydroxylation is 1. The smallest absolute Gasteiger partial charge is 0.405 e. The van der Waals surface area contributed by atoms with Crippen molar-refractivity contribution in [3.05, 3.63) is 24.0 Å². The van der Waals surface area contributed by atoms with Gasteiger partial charge in [0.1, 0.15) is 11.5 Å². The Hall–Kier alpha value is -3.18. The molecule has 0 saturated heterocycles. The van der Waals surface area contributed by atoms with Gasteiger partial charge < -0.3 is 20.5 Å². The zero-order valence-corrected chi connectivity index (χ0v) is 18.2. The lowest BCUT2D eigenvalue weighted by molar-refractivity contribution is 0.0792. The van der Waals surface area contributed by atoms with Crippen LogP contribution >= 0.6 is 0 Å². The summed E-state index contributed by atoms with van der Waals surface area (Å²) in [6.45, 7) is 1.14. The molecule has 0 aliphatic heterocycles. The van der Waals surface area contributed by atoms with Crippen LogP contribution in [0.15, 0.2) is 18.3 Å². The van der Waals surface area contributed by atoms with Gasteiger partial charge in [0.05, 0.1) is 6.20 Å². The third-order valence-corrected chi connectivity index (χ3v) is 4.85. The number of amides is 2. The third-order valence-electron chi connectivity index (χ3n) is 4.85. The SMILES string of the molecule is C1CCCC1.CC1(NC(=O)O)CC1.Cn1nc(OCC(F)F)cc1C(=O)Nc1ccn[nH]1. The van der Waals surface area contributed by atoms with Crippen LogP contribution in [0.2, 0.25) is 0 Å². The van der Waals surface area contributed by atoms with Gasteiger partial charge in [-0.3, -0.25) is 14.6 Å². The molecule has 2 aromatic rings. The number of hydrogen-bond acceptors (Lipinski definition) is 5. The van der Waals surface area contributed by atoms with E-state index in [1.807, 2.05) is 6.92 Å². The van der Waals surface area contributed by atoms with Gasteiger partial charge in [0.2, 0.25) is 5.88 Å². The van der Waals surface area contributed by atoms with Crippen molar-refractivity contribution in [3.8, 4) is 5.88 Å². The second-order valence-electron chi connectivity index (χ2n) is 7.88. The van der Waals surface area contributed by atoms with Crippen LogP contribution in [0.5, 0.6) is 5.88 Å². The van der Waals surface area contributed by atoms with E-state index in [9.17, 15) is 18.4 Å². The Balaban J connectivity index is 0.000000226. The number of carboxylic acid groups (broad SMARTS) is 1. The standard InChI is InChI=1S/C10H11F2N5O2.C5H9NO2.C5H10/c1-17-6(4-9(16-17)19-5-7(11)12)10(18)14-8-2-3-13-15-8;1-5(2-3-5)6-4(7)8;1-2-4-5-3-1/h2-4,7H,5H2,1H3,(H2,13,14,15,18);6H,2-3H2,1H3,(H,7,8);1-5H2. The molecule has 10 nitrogen and oxygen atoms in total. The predicted octanol–water partition coefficient (Wildman–Crippen LogP) is 3.80. The number of carbonyl (C=O) groups is 2. The number of anilines is 1. The van der Waals surface area contributed by atoms with E-state index in [1.54, 1.807) is 6.07 Å². The van der Waals surface area contributed by atoms with Gasteiger partial charge in [0.25, 0.3) is 12.3 Å². The Kier molecular flexibility index (Phi) is 9.41. The summed E-state index contributed by atoms with van der Waals surface area (Å²) >= 11 is 0. The highest BCUT2D eigenvalue weighted by Gasteiger charge is 2.38. The highest BCUT2D eigenvalue weighted by Crippen LogP contribution is 2.33. The van der Waals surface area contributed by atoms with Crippen LogP contribution < -0.4 is 15.4 Å². The molecule has 4 N–H and O–H groups in total. The zero-order chi connectivity index (χ0) is 23.6. The predicted molar refractivity (Wildman–Crippen MR) is 113 cm³/mol. The van der Waals surface area contributed by atoms with E-state index >= 15 is 0 Å². The van der Waals surface area contributed by atoms with Crippen LogP contribution in [0.3, 0.4) is 0 Å². The van der Waals surface area contributed by atoms with E-state index in [-0.39, 0.29) is 17.1 Å². The van der Waals surface area contributed by atoms with Gasteiger partial charge in [0.15, 0.2) is 6.61 Å². The number of halogens is 2. The van der Waals surface area contributed by atoms with Crippen LogP contribution in [-0.2, 0) is 7.05 Å². The third kappa shape index (κ3) is 9.31. The van der Waals surface area contributed by atoms with Gasteiger partial charge in [0, 0.05) is 24.7 Å². The van der Waals surface area contributed by atoms with Gasteiger partial charge in [-0.25, -0.2) is 13.6 Å². The Morgan fingerprint density at radius 3 is 2.34 bits per heavy atom. The maximum Gasteiger partial charge on any atom is 0.405 e. The van der Waals surface area contributed by atoms with E-state index in [1.165, 1.54) is 56.1 Å². The summed E-state index contributed by atoms with van der Waals surface area (Å²) in [4.78, 5) is 21.8. The number of rotatable bonds is 6. The average molecular weight is 456 g/mol. The minimum absolute atomic E-state index is 0.0300. The number of nitrogens with one attached hydrogen (secondary N) is 3. The molecular weight excluding hydrogens is 426 g/mol. The first kappa shape index (κ1) is 25.1. The molecule has 2 fully saturated rings. The second kappa shape index (κ2) is 12.0. The van der Waals surface area contributed by atoms with Crippen LogP contribution in [0.1, 0.15) is 62.4 Å². The maximum absolute atomic E-state index is 12.0. The fourth-order valence-electron chi connectivity index (χ4n) is 2.84.